The number of benzene rings is 1. The van der Waals surface area contributed by atoms with Crippen LogP contribution in [0, 0.1) is 13.8 Å². The number of rotatable bonds is 8. The lowest BCUT2D eigenvalue weighted by atomic mass is 9.97. The van der Waals surface area contributed by atoms with E-state index in [1.165, 1.54) is 11.8 Å². The molecular formula is C21H27N3O3S. The van der Waals surface area contributed by atoms with Crippen LogP contribution in [-0.4, -0.2) is 33.7 Å². The van der Waals surface area contributed by atoms with Crippen LogP contribution in [0.15, 0.2) is 35.5 Å². The number of aryl methyl sites for hydroxylation is 2. The topological polar surface area (TPSA) is 81.2 Å². The van der Waals surface area contributed by atoms with Gasteiger partial charge in [-0.25, -0.2) is 9.97 Å². The van der Waals surface area contributed by atoms with Crippen molar-refractivity contribution in [1.29, 1.82) is 0 Å². The Labute approximate surface area is 170 Å². The molecule has 0 fully saturated rings. The molecule has 28 heavy (non-hydrogen) atoms. The number of hydrogen-bond acceptors (Lipinski definition) is 6. The Bertz CT molecular complexity index is 821. The highest BCUT2D eigenvalue weighted by Gasteiger charge is 2.20. The predicted octanol–water partition coefficient (Wildman–Crippen LogP) is 4.27. The summed E-state index contributed by atoms with van der Waals surface area (Å²) >= 11 is 1.20. The second-order valence-corrected chi connectivity index (χ2v) is 7.68. The Hall–Kier alpha value is -2.41. The molecule has 2 aromatic rings. The highest BCUT2D eigenvalue weighted by atomic mass is 32.2. The molecule has 7 heteroatoms. The number of ether oxygens (including phenoxy) is 1. The van der Waals surface area contributed by atoms with E-state index in [2.05, 4.69) is 29.1 Å². The minimum atomic E-state index is -0.891. The van der Waals surface area contributed by atoms with Gasteiger partial charge < -0.3 is 10.1 Å². The van der Waals surface area contributed by atoms with Gasteiger partial charge in [-0.15, -0.1) is 0 Å². The summed E-state index contributed by atoms with van der Waals surface area (Å²) in [5, 5.41) is 3.39. The molecular weight excluding hydrogens is 374 g/mol. The lowest BCUT2D eigenvalue weighted by Crippen LogP contribution is -2.31. The number of para-hydroxylation sites is 1. The minimum Gasteiger partial charge on any atom is -0.452 e. The van der Waals surface area contributed by atoms with Crippen LogP contribution in [0.4, 0.5) is 5.69 Å². The average Bonchev–Trinajstić information content (AvgIpc) is 2.65. The zero-order valence-corrected chi connectivity index (χ0v) is 17.8. The first kappa shape index (κ1) is 21.9. The molecule has 1 N–H and O–H groups in total. The maximum absolute atomic E-state index is 12.5. The second kappa shape index (κ2) is 10.2. The molecule has 0 saturated carbocycles. The molecule has 0 aliphatic carbocycles. The van der Waals surface area contributed by atoms with Crippen LogP contribution in [0.1, 0.15) is 50.1 Å². The predicted molar refractivity (Wildman–Crippen MR) is 112 cm³/mol. The molecule has 0 spiro atoms. The first-order chi connectivity index (χ1) is 13.3. The molecule has 2 atom stereocenters. The highest BCUT2D eigenvalue weighted by Crippen LogP contribution is 2.26. The van der Waals surface area contributed by atoms with Crippen molar-refractivity contribution in [2.45, 2.75) is 58.2 Å². The Kier molecular flexibility index (Phi) is 7.99. The summed E-state index contributed by atoms with van der Waals surface area (Å²) in [6, 6.07) is 9.56. The van der Waals surface area contributed by atoms with Gasteiger partial charge >= 0.3 is 5.97 Å². The number of esters is 1. The van der Waals surface area contributed by atoms with E-state index in [4.69, 9.17) is 4.74 Å². The number of thioether (sulfide) groups is 1. The molecule has 1 heterocycles. The lowest BCUT2D eigenvalue weighted by Gasteiger charge is -2.18. The Morgan fingerprint density at radius 1 is 1.14 bits per heavy atom. The number of aromatic nitrogens is 2. The zero-order chi connectivity index (χ0) is 20.7. The van der Waals surface area contributed by atoms with Crippen molar-refractivity contribution in [2.75, 3.05) is 11.1 Å². The molecule has 2 unspecified atom stereocenters. The van der Waals surface area contributed by atoms with E-state index in [-0.39, 0.29) is 11.7 Å². The number of nitrogens with one attached hydrogen (secondary N) is 1. The van der Waals surface area contributed by atoms with Crippen LogP contribution in [0.3, 0.4) is 0 Å². The van der Waals surface area contributed by atoms with Gasteiger partial charge in [-0.1, -0.05) is 43.8 Å². The molecule has 150 valence electrons. The standard InChI is InChI=1S/C21H27N3O3S/c1-6-13(2)17-9-7-8-10-18(17)24-20(26)16(5)27-19(25)12-28-21-22-14(3)11-15(4)23-21/h7-11,13,16H,6,12H2,1-5H3,(H,24,26). The molecule has 0 aliphatic heterocycles. The van der Waals surface area contributed by atoms with E-state index in [1.807, 2.05) is 44.2 Å². The largest absolute Gasteiger partial charge is 0.452 e. The molecule has 1 aromatic carbocycles. The van der Waals surface area contributed by atoms with Crippen LogP contribution >= 0.6 is 11.8 Å². The van der Waals surface area contributed by atoms with Crippen LogP contribution < -0.4 is 5.32 Å². The molecule has 0 aliphatic rings. The number of anilines is 1. The van der Waals surface area contributed by atoms with Crippen molar-refractivity contribution in [1.82, 2.24) is 9.97 Å². The van der Waals surface area contributed by atoms with Gasteiger partial charge in [-0.3, -0.25) is 9.59 Å². The first-order valence-electron chi connectivity index (χ1n) is 9.34. The summed E-state index contributed by atoms with van der Waals surface area (Å²) in [6.45, 7) is 9.53. The zero-order valence-electron chi connectivity index (χ0n) is 17.0. The molecule has 1 amide bonds. The van der Waals surface area contributed by atoms with E-state index in [1.54, 1.807) is 6.92 Å². The second-order valence-electron chi connectivity index (χ2n) is 6.74. The summed E-state index contributed by atoms with van der Waals surface area (Å²) < 4.78 is 5.27. The molecule has 0 bridgehead atoms. The van der Waals surface area contributed by atoms with Gasteiger partial charge in [0.05, 0.1) is 5.75 Å². The van der Waals surface area contributed by atoms with Gasteiger partial charge in [-0.05, 0) is 50.8 Å². The van der Waals surface area contributed by atoms with Crippen molar-refractivity contribution in [3.63, 3.8) is 0 Å². The van der Waals surface area contributed by atoms with E-state index in [9.17, 15) is 9.59 Å². The summed E-state index contributed by atoms with van der Waals surface area (Å²) in [7, 11) is 0. The SMILES string of the molecule is CCC(C)c1ccccc1NC(=O)C(C)OC(=O)CSc1nc(C)cc(C)n1. The maximum atomic E-state index is 12.5. The van der Waals surface area contributed by atoms with Crippen molar-refractivity contribution in [2.24, 2.45) is 0 Å². The quantitative estimate of drug-likeness (QED) is 0.404. The third-order valence-corrected chi connectivity index (χ3v) is 5.14. The van der Waals surface area contributed by atoms with E-state index in [0.717, 1.165) is 29.1 Å². The molecule has 2 rings (SSSR count). The van der Waals surface area contributed by atoms with Gasteiger partial charge in [0.1, 0.15) is 0 Å². The summed E-state index contributed by atoms with van der Waals surface area (Å²) in [4.78, 5) is 33.1. The van der Waals surface area contributed by atoms with Crippen molar-refractivity contribution < 1.29 is 14.3 Å². The summed E-state index contributed by atoms with van der Waals surface area (Å²) in [6.07, 6.45) is 0.0769. The monoisotopic (exact) mass is 401 g/mol. The summed E-state index contributed by atoms with van der Waals surface area (Å²) in [5.74, 6) is -0.463. The van der Waals surface area contributed by atoms with E-state index >= 15 is 0 Å². The minimum absolute atomic E-state index is 0.0456. The Morgan fingerprint density at radius 2 is 1.79 bits per heavy atom. The smallest absolute Gasteiger partial charge is 0.317 e. The van der Waals surface area contributed by atoms with Gasteiger partial charge in [0, 0.05) is 17.1 Å². The van der Waals surface area contributed by atoms with E-state index in [0.29, 0.717) is 11.1 Å². The fraction of sp³-hybridized carbons (Fsp3) is 0.429. The average molecular weight is 402 g/mol. The Morgan fingerprint density at radius 3 is 2.43 bits per heavy atom. The number of carbonyl (C=O) groups excluding carboxylic acids is 2. The van der Waals surface area contributed by atoms with Gasteiger partial charge in [-0.2, -0.15) is 0 Å². The van der Waals surface area contributed by atoms with Crippen LogP contribution in [0.25, 0.3) is 0 Å². The van der Waals surface area contributed by atoms with Gasteiger partial charge in [0.25, 0.3) is 5.91 Å². The fourth-order valence-corrected chi connectivity index (χ4v) is 3.39. The third-order valence-electron chi connectivity index (χ3n) is 4.32. The molecule has 1 aromatic heterocycles. The first-order valence-corrected chi connectivity index (χ1v) is 10.3. The number of hydrogen-bond donors (Lipinski definition) is 1. The van der Waals surface area contributed by atoms with Crippen molar-refractivity contribution in [3.8, 4) is 0 Å². The van der Waals surface area contributed by atoms with E-state index < -0.39 is 12.1 Å². The van der Waals surface area contributed by atoms with Crippen LogP contribution in [-0.2, 0) is 14.3 Å². The third kappa shape index (κ3) is 6.34. The van der Waals surface area contributed by atoms with Crippen molar-refractivity contribution in [3.05, 3.63) is 47.3 Å². The molecule has 0 saturated heterocycles. The highest BCUT2D eigenvalue weighted by molar-refractivity contribution is 7.99. The fourth-order valence-electron chi connectivity index (χ4n) is 2.66. The maximum Gasteiger partial charge on any atom is 0.317 e. The number of carbonyl (C=O) groups is 2. The number of nitrogens with zero attached hydrogens (tertiary/aromatic N) is 2. The molecule has 6 nitrogen and oxygen atoms in total. The Balaban J connectivity index is 1.91. The van der Waals surface area contributed by atoms with Gasteiger partial charge in [0.15, 0.2) is 11.3 Å². The van der Waals surface area contributed by atoms with Crippen LogP contribution in [0.5, 0.6) is 0 Å². The van der Waals surface area contributed by atoms with Crippen LogP contribution in [0.2, 0.25) is 0 Å². The molecule has 0 radical (unpaired) electrons. The lowest BCUT2D eigenvalue weighted by molar-refractivity contribution is -0.150. The van der Waals surface area contributed by atoms with Crippen molar-refractivity contribution >= 4 is 29.3 Å². The summed E-state index contributed by atoms with van der Waals surface area (Å²) in [5.41, 5.74) is 3.51. The normalized spacial score (nSPS) is 12.9. The number of amides is 1. The van der Waals surface area contributed by atoms with Gasteiger partial charge in [0.2, 0.25) is 0 Å².